The van der Waals surface area contributed by atoms with Gasteiger partial charge in [-0.05, 0) is 33.6 Å². The van der Waals surface area contributed by atoms with Crippen molar-refractivity contribution in [1.29, 1.82) is 0 Å². The van der Waals surface area contributed by atoms with E-state index >= 15 is 0 Å². The van der Waals surface area contributed by atoms with Crippen LogP contribution < -0.4 is 5.32 Å². The van der Waals surface area contributed by atoms with Gasteiger partial charge in [-0.3, -0.25) is 0 Å². The van der Waals surface area contributed by atoms with E-state index in [1.54, 1.807) is 20.8 Å². The van der Waals surface area contributed by atoms with Gasteiger partial charge in [-0.1, -0.05) is 0 Å². The smallest absolute Gasteiger partial charge is 0.408 e. The Morgan fingerprint density at radius 2 is 2.00 bits per heavy atom. The van der Waals surface area contributed by atoms with E-state index in [0.29, 0.717) is 12.7 Å². The van der Waals surface area contributed by atoms with Crippen LogP contribution in [0.2, 0.25) is 0 Å². The minimum atomic E-state index is -1.14. The van der Waals surface area contributed by atoms with E-state index in [1.165, 1.54) is 0 Å². The number of aldehydes is 1. The monoisotopic (exact) mass is 245 g/mol. The number of rotatable bonds is 6. The van der Waals surface area contributed by atoms with Gasteiger partial charge in [0.15, 0.2) is 0 Å². The molecule has 0 saturated heterocycles. The fourth-order valence-corrected chi connectivity index (χ4v) is 1.11. The Labute approximate surface area is 100 Å². The largest absolute Gasteiger partial charge is 0.480 e. The average molecular weight is 245 g/mol. The lowest BCUT2D eigenvalue weighted by Crippen LogP contribution is -2.43. The normalized spacial score (nSPS) is 12.6. The zero-order valence-corrected chi connectivity index (χ0v) is 10.4. The van der Waals surface area contributed by atoms with Crippen molar-refractivity contribution >= 4 is 18.3 Å². The summed E-state index contributed by atoms with van der Waals surface area (Å²) in [6.45, 7) is 5.07. The number of hydrogen-bond acceptors (Lipinski definition) is 4. The number of carbonyl (C=O) groups excluding carboxylic acids is 2. The first-order valence-electron chi connectivity index (χ1n) is 5.42. The molecule has 6 heteroatoms. The van der Waals surface area contributed by atoms with Gasteiger partial charge in [-0.2, -0.15) is 0 Å². The van der Waals surface area contributed by atoms with Crippen LogP contribution in [0.15, 0.2) is 0 Å². The third kappa shape index (κ3) is 8.24. The minimum Gasteiger partial charge on any atom is -0.480 e. The molecule has 1 amide bonds. The van der Waals surface area contributed by atoms with Crippen LogP contribution in [0.3, 0.4) is 0 Å². The molecule has 0 rings (SSSR count). The molecule has 0 spiro atoms. The summed E-state index contributed by atoms with van der Waals surface area (Å²) >= 11 is 0. The van der Waals surface area contributed by atoms with Crippen molar-refractivity contribution in [3.8, 4) is 0 Å². The summed E-state index contributed by atoms with van der Waals surface area (Å²) < 4.78 is 4.94. The van der Waals surface area contributed by atoms with E-state index in [9.17, 15) is 14.4 Å². The number of nitrogens with one attached hydrogen (secondary N) is 1. The third-order valence-electron chi connectivity index (χ3n) is 1.80. The van der Waals surface area contributed by atoms with E-state index in [4.69, 9.17) is 9.84 Å². The van der Waals surface area contributed by atoms with Crippen LogP contribution in [0.1, 0.15) is 40.0 Å². The molecule has 0 heterocycles. The van der Waals surface area contributed by atoms with Crippen molar-refractivity contribution in [3.05, 3.63) is 0 Å². The summed E-state index contributed by atoms with van der Waals surface area (Å²) in [5.74, 6) is -1.14. The van der Waals surface area contributed by atoms with Gasteiger partial charge in [0, 0.05) is 6.42 Å². The molecule has 6 nitrogen and oxygen atoms in total. The fourth-order valence-electron chi connectivity index (χ4n) is 1.11. The Morgan fingerprint density at radius 1 is 1.41 bits per heavy atom. The maximum Gasteiger partial charge on any atom is 0.408 e. The molecule has 1 atom stereocenters. The highest BCUT2D eigenvalue weighted by Gasteiger charge is 2.23. The first kappa shape index (κ1) is 15.4. The third-order valence-corrected chi connectivity index (χ3v) is 1.80. The maximum absolute atomic E-state index is 11.3. The van der Waals surface area contributed by atoms with E-state index < -0.39 is 23.7 Å². The Hall–Kier alpha value is -1.59. The van der Waals surface area contributed by atoms with Gasteiger partial charge in [0.1, 0.15) is 17.9 Å². The standard InChI is InChI=1S/C11H19NO5/c1-11(2,3)17-10(16)12-8(9(14)15)6-4-5-7-13/h7-8H,4-6H2,1-3H3,(H,12,16)(H,14,15). The van der Waals surface area contributed by atoms with Crippen molar-refractivity contribution in [1.82, 2.24) is 5.32 Å². The zero-order valence-electron chi connectivity index (χ0n) is 10.4. The molecule has 0 fully saturated rings. The van der Waals surface area contributed by atoms with Gasteiger partial charge in [0.25, 0.3) is 0 Å². The van der Waals surface area contributed by atoms with Crippen molar-refractivity contribution < 1.29 is 24.2 Å². The molecule has 0 saturated carbocycles. The van der Waals surface area contributed by atoms with Gasteiger partial charge >= 0.3 is 12.1 Å². The molecular weight excluding hydrogens is 226 g/mol. The molecular formula is C11H19NO5. The number of ether oxygens (including phenoxy) is 1. The number of carboxylic acid groups (broad SMARTS) is 1. The lowest BCUT2D eigenvalue weighted by molar-refractivity contribution is -0.139. The van der Waals surface area contributed by atoms with Gasteiger partial charge < -0.3 is 20.0 Å². The first-order valence-corrected chi connectivity index (χ1v) is 5.42. The predicted octanol–water partition coefficient (Wildman–Crippen LogP) is 1.33. The van der Waals surface area contributed by atoms with Gasteiger partial charge in [-0.15, -0.1) is 0 Å². The fraction of sp³-hybridized carbons (Fsp3) is 0.727. The zero-order chi connectivity index (χ0) is 13.5. The highest BCUT2D eigenvalue weighted by atomic mass is 16.6. The summed E-state index contributed by atoms with van der Waals surface area (Å²) in [6, 6.07) is -1.02. The van der Waals surface area contributed by atoms with Crippen LogP contribution >= 0.6 is 0 Å². The number of aliphatic carboxylic acids is 1. The lowest BCUT2D eigenvalue weighted by atomic mass is 10.1. The predicted molar refractivity (Wildman–Crippen MR) is 60.7 cm³/mol. The summed E-state index contributed by atoms with van der Waals surface area (Å²) in [5.41, 5.74) is -0.671. The highest BCUT2D eigenvalue weighted by Crippen LogP contribution is 2.08. The number of hydrogen-bond donors (Lipinski definition) is 2. The Bertz CT molecular complexity index is 282. The summed E-state index contributed by atoms with van der Waals surface area (Å²) in [7, 11) is 0. The van der Waals surface area contributed by atoms with Crippen molar-refractivity contribution in [2.75, 3.05) is 0 Å². The second-order valence-electron chi connectivity index (χ2n) is 4.63. The van der Waals surface area contributed by atoms with E-state index in [1.807, 2.05) is 0 Å². The second-order valence-corrected chi connectivity index (χ2v) is 4.63. The van der Waals surface area contributed by atoms with E-state index in [-0.39, 0.29) is 12.8 Å². The minimum absolute atomic E-state index is 0.202. The Balaban J connectivity index is 4.20. The van der Waals surface area contributed by atoms with Gasteiger partial charge in [-0.25, -0.2) is 9.59 Å². The number of carbonyl (C=O) groups is 3. The summed E-state index contributed by atoms with van der Waals surface area (Å²) in [6.07, 6.45) is 0.839. The Morgan fingerprint density at radius 3 is 2.41 bits per heavy atom. The molecule has 0 aliphatic heterocycles. The average Bonchev–Trinajstić information content (AvgIpc) is 2.13. The van der Waals surface area contributed by atoms with Crippen LogP contribution in [0.5, 0.6) is 0 Å². The van der Waals surface area contributed by atoms with Crippen LogP contribution in [-0.2, 0) is 14.3 Å². The summed E-state index contributed by atoms with van der Waals surface area (Å²) in [4.78, 5) is 32.3. The van der Waals surface area contributed by atoms with Crippen LogP contribution in [-0.4, -0.2) is 35.1 Å². The topological polar surface area (TPSA) is 92.7 Å². The molecule has 0 aliphatic carbocycles. The van der Waals surface area contributed by atoms with Gasteiger partial charge in [0.05, 0.1) is 0 Å². The van der Waals surface area contributed by atoms with Crippen LogP contribution in [0.25, 0.3) is 0 Å². The molecule has 0 aromatic rings. The molecule has 0 aromatic carbocycles. The molecule has 0 bridgehead atoms. The van der Waals surface area contributed by atoms with Gasteiger partial charge in [0.2, 0.25) is 0 Å². The van der Waals surface area contributed by atoms with E-state index in [2.05, 4.69) is 5.32 Å². The molecule has 2 N–H and O–H groups in total. The van der Waals surface area contributed by atoms with Crippen molar-refractivity contribution in [2.45, 2.75) is 51.7 Å². The second kappa shape index (κ2) is 6.88. The SMILES string of the molecule is CC(C)(C)OC(=O)NC(CCCC=O)C(=O)O. The number of amides is 1. The number of alkyl carbamates (subject to hydrolysis) is 1. The quantitative estimate of drug-likeness (QED) is 0.544. The highest BCUT2D eigenvalue weighted by molar-refractivity contribution is 5.79. The lowest BCUT2D eigenvalue weighted by Gasteiger charge is -2.21. The molecule has 98 valence electrons. The molecule has 0 radical (unpaired) electrons. The number of unbranched alkanes of at least 4 members (excludes halogenated alkanes) is 1. The number of carboxylic acids is 1. The van der Waals surface area contributed by atoms with Crippen LogP contribution in [0, 0.1) is 0 Å². The molecule has 17 heavy (non-hydrogen) atoms. The van der Waals surface area contributed by atoms with Crippen molar-refractivity contribution in [2.24, 2.45) is 0 Å². The first-order chi connectivity index (χ1) is 7.76. The van der Waals surface area contributed by atoms with Crippen molar-refractivity contribution in [3.63, 3.8) is 0 Å². The molecule has 1 unspecified atom stereocenters. The maximum atomic E-state index is 11.3. The Kier molecular flexibility index (Phi) is 6.23. The van der Waals surface area contributed by atoms with Crippen LogP contribution in [0.4, 0.5) is 4.79 Å². The van der Waals surface area contributed by atoms with E-state index in [0.717, 1.165) is 0 Å². The molecule has 0 aliphatic rings. The molecule has 0 aromatic heterocycles. The summed E-state index contributed by atoms with van der Waals surface area (Å²) in [5, 5.41) is 11.1.